The van der Waals surface area contributed by atoms with Gasteiger partial charge in [-0.3, -0.25) is 4.79 Å². The monoisotopic (exact) mass is 466 g/mol. The first-order valence-electron chi connectivity index (χ1n) is 10.8. The molecular formula is C26H27FN2O5. The van der Waals surface area contributed by atoms with Crippen molar-refractivity contribution in [1.82, 2.24) is 5.43 Å². The molecule has 0 fully saturated rings. The van der Waals surface area contributed by atoms with Gasteiger partial charge in [-0.25, -0.2) is 9.82 Å². The predicted octanol–water partition coefficient (Wildman–Crippen LogP) is 4.97. The van der Waals surface area contributed by atoms with Gasteiger partial charge in [-0.1, -0.05) is 18.2 Å². The first-order valence-corrected chi connectivity index (χ1v) is 10.8. The van der Waals surface area contributed by atoms with Crippen LogP contribution >= 0.6 is 0 Å². The Bertz CT molecular complexity index is 1150. The van der Waals surface area contributed by atoms with Crippen molar-refractivity contribution in [2.45, 2.75) is 20.5 Å². The zero-order chi connectivity index (χ0) is 24.3. The Morgan fingerprint density at radius 2 is 1.62 bits per heavy atom. The highest BCUT2D eigenvalue weighted by molar-refractivity contribution is 5.95. The molecule has 0 bridgehead atoms. The molecule has 0 heterocycles. The van der Waals surface area contributed by atoms with Crippen LogP contribution < -0.4 is 24.4 Å². The number of nitrogens with one attached hydrogen (secondary N) is 1. The predicted molar refractivity (Wildman–Crippen MR) is 128 cm³/mol. The van der Waals surface area contributed by atoms with Crippen LogP contribution in [0.2, 0.25) is 0 Å². The molecule has 8 heteroatoms. The molecule has 0 aliphatic rings. The van der Waals surface area contributed by atoms with Gasteiger partial charge in [0.1, 0.15) is 12.4 Å². The van der Waals surface area contributed by atoms with Crippen molar-refractivity contribution in [1.29, 1.82) is 0 Å². The molecule has 0 spiro atoms. The molecule has 0 aliphatic carbocycles. The van der Waals surface area contributed by atoms with E-state index in [1.54, 1.807) is 54.6 Å². The SMILES string of the molecule is CCOc1cc(C(=O)N/N=C/c2ccc(OCc3ccccc3F)c(OCC)c2)ccc1OC. The van der Waals surface area contributed by atoms with Gasteiger partial charge in [0.2, 0.25) is 0 Å². The van der Waals surface area contributed by atoms with E-state index in [1.807, 2.05) is 13.8 Å². The number of ether oxygens (including phenoxy) is 4. The molecule has 3 aromatic carbocycles. The van der Waals surface area contributed by atoms with Crippen molar-refractivity contribution >= 4 is 12.1 Å². The molecule has 0 aliphatic heterocycles. The number of hydrazone groups is 1. The van der Waals surface area contributed by atoms with E-state index in [9.17, 15) is 9.18 Å². The number of carbonyl (C=O) groups excluding carboxylic acids is 1. The van der Waals surface area contributed by atoms with Gasteiger partial charge in [0.15, 0.2) is 23.0 Å². The fraction of sp³-hybridized carbons (Fsp3) is 0.231. The Balaban J connectivity index is 1.67. The van der Waals surface area contributed by atoms with Crippen LogP contribution in [-0.2, 0) is 6.61 Å². The maximum Gasteiger partial charge on any atom is 0.271 e. The van der Waals surface area contributed by atoms with Crippen LogP contribution in [0.15, 0.2) is 65.8 Å². The van der Waals surface area contributed by atoms with Crippen LogP contribution in [0.3, 0.4) is 0 Å². The number of halogens is 1. The highest BCUT2D eigenvalue weighted by atomic mass is 19.1. The molecule has 178 valence electrons. The van der Waals surface area contributed by atoms with Gasteiger partial charge in [0.25, 0.3) is 5.91 Å². The molecule has 1 amide bonds. The Kier molecular flexibility index (Phi) is 8.85. The number of carbonyl (C=O) groups is 1. The second-order valence-electron chi connectivity index (χ2n) is 7.02. The van der Waals surface area contributed by atoms with E-state index < -0.39 is 5.91 Å². The number of hydrogen-bond donors (Lipinski definition) is 1. The van der Waals surface area contributed by atoms with Gasteiger partial charge in [0, 0.05) is 11.1 Å². The molecule has 34 heavy (non-hydrogen) atoms. The van der Waals surface area contributed by atoms with Crippen molar-refractivity contribution in [2.24, 2.45) is 5.10 Å². The second-order valence-corrected chi connectivity index (χ2v) is 7.02. The summed E-state index contributed by atoms with van der Waals surface area (Å²) < 4.78 is 36.0. The summed E-state index contributed by atoms with van der Waals surface area (Å²) in [4.78, 5) is 12.5. The molecule has 0 radical (unpaired) electrons. The Morgan fingerprint density at radius 1 is 0.912 bits per heavy atom. The third-order valence-electron chi connectivity index (χ3n) is 4.71. The minimum atomic E-state index is -0.394. The molecule has 1 N–H and O–H groups in total. The highest BCUT2D eigenvalue weighted by Crippen LogP contribution is 2.29. The molecule has 0 atom stereocenters. The molecule has 0 unspecified atom stereocenters. The highest BCUT2D eigenvalue weighted by Gasteiger charge is 2.11. The number of amides is 1. The number of methoxy groups -OCH3 is 1. The fourth-order valence-corrected chi connectivity index (χ4v) is 3.08. The average molecular weight is 467 g/mol. The fourth-order valence-electron chi connectivity index (χ4n) is 3.08. The van der Waals surface area contributed by atoms with Gasteiger partial charge >= 0.3 is 0 Å². The quantitative estimate of drug-likeness (QED) is 0.319. The minimum absolute atomic E-state index is 0.0713. The van der Waals surface area contributed by atoms with Crippen LogP contribution in [0, 0.1) is 5.82 Å². The van der Waals surface area contributed by atoms with Gasteiger partial charge < -0.3 is 18.9 Å². The lowest BCUT2D eigenvalue weighted by atomic mass is 10.2. The van der Waals surface area contributed by atoms with Gasteiger partial charge in [-0.2, -0.15) is 5.10 Å². The Hall–Kier alpha value is -4.07. The first-order chi connectivity index (χ1) is 16.5. The molecule has 7 nitrogen and oxygen atoms in total. The van der Waals surface area contributed by atoms with Gasteiger partial charge in [-0.15, -0.1) is 0 Å². The Morgan fingerprint density at radius 3 is 2.32 bits per heavy atom. The maximum absolute atomic E-state index is 13.9. The number of nitrogens with zero attached hydrogens (tertiary/aromatic N) is 1. The summed E-state index contributed by atoms with van der Waals surface area (Å²) in [6.07, 6.45) is 1.49. The van der Waals surface area contributed by atoms with Crippen LogP contribution in [0.25, 0.3) is 0 Å². The Labute approximate surface area is 198 Å². The lowest BCUT2D eigenvalue weighted by molar-refractivity contribution is 0.0954. The van der Waals surface area contributed by atoms with Gasteiger partial charge in [0.05, 0.1) is 26.5 Å². The van der Waals surface area contributed by atoms with E-state index in [4.69, 9.17) is 18.9 Å². The summed E-state index contributed by atoms with van der Waals surface area (Å²) in [5, 5.41) is 4.03. The number of hydrogen-bond acceptors (Lipinski definition) is 6. The zero-order valence-corrected chi connectivity index (χ0v) is 19.3. The third-order valence-corrected chi connectivity index (χ3v) is 4.71. The average Bonchev–Trinajstić information content (AvgIpc) is 2.84. The molecule has 3 aromatic rings. The van der Waals surface area contributed by atoms with E-state index in [-0.39, 0.29) is 12.4 Å². The molecule has 3 rings (SSSR count). The van der Waals surface area contributed by atoms with E-state index in [2.05, 4.69) is 10.5 Å². The van der Waals surface area contributed by atoms with Crippen molar-refractivity contribution < 1.29 is 28.1 Å². The van der Waals surface area contributed by atoms with Crippen molar-refractivity contribution in [3.63, 3.8) is 0 Å². The summed E-state index contributed by atoms with van der Waals surface area (Å²) >= 11 is 0. The molecule has 0 saturated carbocycles. The first kappa shape index (κ1) is 24.6. The zero-order valence-electron chi connectivity index (χ0n) is 19.3. The standard InChI is InChI=1S/C26H27FN2O5/c1-4-32-24-14-18(10-12-23(24)34-17-20-8-6-7-9-21(20)27)16-28-29-26(30)19-11-13-22(31-3)25(15-19)33-5-2/h6-16H,4-5,17H2,1-3H3,(H,29,30)/b28-16+. The van der Waals surface area contributed by atoms with Crippen LogP contribution in [-0.4, -0.2) is 32.4 Å². The number of rotatable bonds is 11. The van der Waals surface area contributed by atoms with Crippen molar-refractivity contribution in [3.8, 4) is 23.0 Å². The van der Waals surface area contributed by atoms with E-state index in [1.165, 1.54) is 19.4 Å². The molecule has 0 saturated heterocycles. The van der Waals surface area contributed by atoms with Crippen molar-refractivity contribution in [2.75, 3.05) is 20.3 Å². The molecular weight excluding hydrogens is 439 g/mol. The smallest absolute Gasteiger partial charge is 0.271 e. The van der Waals surface area contributed by atoms with E-state index in [0.29, 0.717) is 52.9 Å². The van der Waals surface area contributed by atoms with E-state index >= 15 is 0 Å². The summed E-state index contributed by atoms with van der Waals surface area (Å²) in [6.45, 7) is 4.65. The topological polar surface area (TPSA) is 78.4 Å². The van der Waals surface area contributed by atoms with Crippen LogP contribution in [0.1, 0.15) is 35.3 Å². The summed E-state index contributed by atoms with van der Waals surface area (Å²) in [6, 6.07) is 16.5. The van der Waals surface area contributed by atoms with Crippen molar-refractivity contribution in [3.05, 3.63) is 83.2 Å². The third kappa shape index (κ3) is 6.48. The maximum atomic E-state index is 13.9. The van der Waals surface area contributed by atoms with Gasteiger partial charge in [-0.05, 0) is 61.9 Å². The lowest BCUT2D eigenvalue weighted by Crippen LogP contribution is -2.17. The largest absolute Gasteiger partial charge is 0.493 e. The second kappa shape index (κ2) is 12.2. The summed E-state index contributed by atoms with van der Waals surface area (Å²) in [7, 11) is 1.54. The summed E-state index contributed by atoms with van der Waals surface area (Å²) in [5.74, 6) is 1.27. The summed E-state index contributed by atoms with van der Waals surface area (Å²) in [5.41, 5.74) is 4.01. The number of benzene rings is 3. The normalized spacial score (nSPS) is 10.7. The van der Waals surface area contributed by atoms with Crippen LogP contribution in [0.5, 0.6) is 23.0 Å². The minimum Gasteiger partial charge on any atom is -0.493 e. The lowest BCUT2D eigenvalue weighted by Gasteiger charge is -2.13. The van der Waals surface area contributed by atoms with E-state index in [0.717, 1.165) is 0 Å². The molecule has 0 aromatic heterocycles. The van der Waals surface area contributed by atoms with Crippen LogP contribution in [0.4, 0.5) is 4.39 Å².